The minimum absolute atomic E-state index is 0.111. The number of para-hydroxylation sites is 1. The van der Waals surface area contributed by atoms with Crippen LogP contribution in [0.3, 0.4) is 0 Å². The van der Waals surface area contributed by atoms with Crippen molar-refractivity contribution in [3.63, 3.8) is 0 Å². The van der Waals surface area contributed by atoms with E-state index in [1.165, 1.54) is 0 Å². The van der Waals surface area contributed by atoms with E-state index >= 15 is 0 Å². The van der Waals surface area contributed by atoms with Gasteiger partial charge in [0.2, 0.25) is 0 Å². The summed E-state index contributed by atoms with van der Waals surface area (Å²) < 4.78 is 5.53. The third kappa shape index (κ3) is 5.45. The average molecular weight is 293 g/mol. The van der Waals surface area contributed by atoms with E-state index in [9.17, 15) is 9.59 Å². The van der Waals surface area contributed by atoms with Crippen molar-refractivity contribution in [2.45, 2.75) is 33.1 Å². The minimum atomic E-state index is -0.899. The van der Waals surface area contributed by atoms with Crippen LogP contribution in [0.4, 0.5) is 0 Å². The van der Waals surface area contributed by atoms with Crippen LogP contribution in [-0.2, 0) is 9.59 Å². The largest absolute Gasteiger partial charge is 0.483 e. The first-order valence-corrected chi connectivity index (χ1v) is 7.16. The lowest BCUT2D eigenvalue weighted by molar-refractivity contribution is -0.141. The summed E-state index contributed by atoms with van der Waals surface area (Å²) in [6.45, 7) is 5.90. The fraction of sp³-hybridized carbons (Fsp3) is 0.500. The number of aliphatic carboxylic acids is 1. The Bertz CT molecular complexity index is 485. The lowest BCUT2D eigenvalue weighted by Gasteiger charge is -2.14. The van der Waals surface area contributed by atoms with Crippen LogP contribution in [0, 0.1) is 5.92 Å². The van der Waals surface area contributed by atoms with Gasteiger partial charge in [-0.25, -0.2) is 0 Å². The molecule has 1 rings (SSSR count). The highest BCUT2D eigenvalue weighted by atomic mass is 16.5. The number of carboxylic acid groups (broad SMARTS) is 1. The van der Waals surface area contributed by atoms with Crippen molar-refractivity contribution >= 4 is 11.9 Å². The van der Waals surface area contributed by atoms with Crippen molar-refractivity contribution < 1.29 is 19.4 Å². The summed E-state index contributed by atoms with van der Waals surface area (Å²) in [6, 6.07) is 7.59. The Morgan fingerprint density at radius 3 is 2.52 bits per heavy atom. The summed E-state index contributed by atoms with van der Waals surface area (Å²) in [7, 11) is 0. The average Bonchev–Trinajstić information content (AvgIpc) is 2.45. The number of hydrogen-bond acceptors (Lipinski definition) is 3. The molecule has 1 atom stereocenters. The maximum atomic E-state index is 11.7. The number of ether oxygens (including phenoxy) is 1. The Morgan fingerprint density at radius 1 is 1.29 bits per heavy atom. The molecule has 1 amide bonds. The van der Waals surface area contributed by atoms with E-state index in [2.05, 4.69) is 19.2 Å². The predicted molar refractivity (Wildman–Crippen MR) is 80.5 cm³/mol. The molecule has 0 aliphatic heterocycles. The topological polar surface area (TPSA) is 75.6 Å². The fourth-order valence-corrected chi connectivity index (χ4v) is 1.93. The normalized spacial score (nSPS) is 12.0. The number of rotatable bonds is 8. The van der Waals surface area contributed by atoms with E-state index in [0.29, 0.717) is 18.1 Å². The van der Waals surface area contributed by atoms with Crippen LogP contribution in [0.5, 0.6) is 5.75 Å². The molecule has 0 bridgehead atoms. The van der Waals surface area contributed by atoms with Gasteiger partial charge in [0.25, 0.3) is 5.91 Å². The molecule has 21 heavy (non-hydrogen) atoms. The Hall–Kier alpha value is -2.04. The van der Waals surface area contributed by atoms with Gasteiger partial charge in [0.15, 0.2) is 6.61 Å². The van der Waals surface area contributed by atoms with Gasteiger partial charge in [-0.05, 0) is 24.0 Å². The smallest absolute Gasteiger partial charge is 0.308 e. The summed E-state index contributed by atoms with van der Waals surface area (Å²) in [5, 5.41) is 11.5. The molecule has 0 aromatic heterocycles. The Balaban J connectivity index is 2.48. The van der Waals surface area contributed by atoms with Gasteiger partial charge in [-0.3, -0.25) is 9.59 Å². The molecule has 1 aromatic carbocycles. The molecule has 0 saturated heterocycles. The van der Waals surface area contributed by atoms with Gasteiger partial charge < -0.3 is 15.2 Å². The second-order valence-corrected chi connectivity index (χ2v) is 5.23. The standard InChI is InChI=1S/C16H23NO4/c1-4-12(16(19)20)9-17-15(18)10-21-14-8-6-5-7-13(14)11(2)3/h5-8,11-12H,4,9-10H2,1-3H3,(H,17,18)(H,19,20). The molecule has 5 nitrogen and oxygen atoms in total. The lowest BCUT2D eigenvalue weighted by atomic mass is 10.0. The second-order valence-electron chi connectivity index (χ2n) is 5.23. The second kappa shape index (κ2) is 8.29. The molecule has 1 aromatic rings. The van der Waals surface area contributed by atoms with Crippen LogP contribution in [0.25, 0.3) is 0 Å². The van der Waals surface area contributed by atoms with E-state index in [1.54, 1.807) is 6.92 Å². The highest BCUT2D eigenvalue weighted by molar-refractivity contribution is 5.78. The summed E-state index contributed by atoms with van der Waals surface area (Å²) >= 11 is 0. The SMILES string of the molecule is CCC(CNC(=O)COc1ccccc1C(C)C)C(=O)O. The van der Waals surface area contributed by atoms with Crippen molar-refractivity contribution in [3.05, 3.63) is 29.8 Å². The molecular weight excluding hydrogens is 270 g/mol. The maximum Gasteiger partial charge on any atom is 0.308 e. The quantitative estimate of drug-likeness (QED) is 0.772. The number of carboxylic acids is 1. The molecule has 0 radical (unpaired) electrons. The molecule has 0 spiro atoms. The van der Waals surface area contributed by atoms with Crippen LogP contribution in [-0.4, -0.2) is 30.1 Å². The summed E-state index contributed by atoms with van der Waals surface area (Å²) in [6.07, 6.45) is 0.479. The molecule has 0 aliphatic rings. The number of carbonyl (C=O) groups excluding carboxylic acids is 1. The van der Waals surface area contributed by atoms with Crippen LogP contribution in [0.1, 0.15) is 38.7 Å². The number of benzene rings is 1. The van der Waals surface area contributed by atoms with Crippen molar-refractivity contribution in [3.8, 4) is 5.75 Å². The number of nitrogens with one attached hydrogen (secondary N) is 1. The van der Waals surface area contributed by atoms with E-state index in [-0.39, 0.29) is 19.1 Å². The molecule has 0 fully saturated rings. The van der Waals surface area contributed by atoms with Gasteiger partial charge in [0.1, 0.15) is 5.75 Å². The summed E-state index contributed by atoms with van der Waals surface area (Å²) in [5.41, 5.74) is 1.04. The lowest BCUT2D eigenvalue weighted by Crippen LogP contribution is -2.35. The third-order valence-corrected chi connectivity index (χ3v) is 3.29. The highest BCUT2D eigenvalue weighted by Gasteiger charge is 2.16. The zero-order chi connectivity index (χ0) is 15.8. The maximum absolute atomic E-state index is 11.7. The molecular formula is C16H23NO4. The van der Waals surface area contributed by atoms with Crippen molar-refractivity contribution in [1.82, 2.24) is 5.32 Å². The van der Waals surface area contributed by atoms with E-state index in [4.69, 9.17) is 9.84 Å². The Morgan fingerprint density at radius 2 is 1.95 bits per heavy atom. The van der Waals surface area contributed by atoms with Crippen LogP contribution < -0.4 is 10.1 Å². The first-order valence-electron chi connectivity index (χ1n) is 7.16. The van der Waals surface area contributed by atoms with E-state index in [0.717, 1.165) is 5.56 Å². The van der Waals surface area contributed by atoms with Crippen LogP contribution in [0.2, 0.25) is 0 Å². The van der Waals surface area contributed by atoms with Gasteiger partial charge in [0.05, 0.1) is 5.92 Å². The van der Waals surface area contributed by atoms with Crippen molar-refractivity contribution in [2.24, 2.45) is 5.92 Å². The number of amides is 1. The number of hydrogen-bond donors (Lipinski definition) is 2. The molecule has 5 heteroatoms. The predicted octanol–water partition coefficient (Wildman–Crippen LogP) is 2.42. The molecule has 1 unspecified atom stereocenters. The van der Waals surface area contributed by atoms with Gasteiger partial charge in [-0.1, -0.05) is 39.0 Å². The van der Waals surface area contributed by atoms with Gasteiger partial charge in [-0.2, -0.15) is 0 Å². The molecule has 0 aliphatic carbocycles. The first kappa shape index (κ1) is 17.0. The zero-order valence-electron chi connectivity index (χ0n) is 12.8. The highest BCUT2D eigenvalue weighted by Crippen LogP contribution is 2.25. The van der Waals surface area contributed by atoms with Gasteiger partial charge >= 0.3 is 5.97 Å². The van der Waals surface area contributed by atoms with E-state index in [1.807, 2.05) is 24.3 Å². The van der Waals surface area contributed by atoms with Crippen molar-refractivity contribution in [1.29, 1.82) is 0 Å². The third-order valence-electron chi connectivity index (χ3n) is 3.29. The molecule has 2 N–H and O–H groups in total. The van der Waals surface area contributed by atoms with Crippen LogP contribution in [0.15, 0.2) is 24.3 Å². The Labute approximate surface area is 125 Å². The Kier molecular flexibility index (Phi) is 6.72. The number of carbonyl (C=O) groups is 2. The van der Waals surface area contributed by atoms with Gasteiger partial charge in [0, 0.05) is 6.54 Å². The summed E-state index contributed by atoms with van der Waals surface area (Å²) in [5.74, 6) is -0.775. The van der Waals surface area contributed by atoms with Crippen molar-refractivity contribution in [2.75, 3.05) is 13.2 Å². The summed E-state index contributed by atoms with van der Waals surface area (Å²) in [4.78, 5) is 22.6. The molecule has 0 saturated carbocycles. The molecule has 0 heterocycles. The minimum Gasteiger partial charge on any atom is -0.483 e. The molecule has 116 valence electrons. The van der Waals surface area contributed by atoms with Crippen LogP contribution >= 0.6 is 0 Å². The van der Waals surface area contributed by atoms with E-state index < -0.39 is 11.9 Å². The monoisotopic (exact) mass is 293 g/mol. The first-order chi connectivity index (χ1) is 9.95. The van der Waals surface area contributed by atoms with Gasteiger partial charge in [-0.15, -0.1) is 0 Å². The zero-order valence-corrected chi connectivity index (χ0v) is 12.8. The fourth-order valence-electron chi connectivity index (χ4n) is 1.93.